The molecule has 1 aliphatic rings. The number of nitrogens with zero attached hydrogens (tertiary/aromatic N) is 1. The molecule has 1 saturated carbocycles. The van der Waals surface area contributed by atoms with Crippen LogP contribution in [0.15, 0.2) is 173 Å². The molecule has 0 radical (unpaired) electrons. The van der Waals surface area contributed by atoms with Crippen LogP contribution in [-0.4, -0.2) is 0 Å². The number of hydrogen-bond acceptors (Lipinski definition) is 3. The maximum Gasteiger partial charge on any atom is 0.137 e. The van der Waals surface area contributed by atoms with Crippen LogP contribution < -0.4 is 4.90 Å². The number of rotatable bonds is 6. The fourth-order valence-electron chi connectivity index (χ4n) is 8.70. The number of para-hydroxylation sites is 1. The molecule has 9 aromatic rings. The number of hydrogen-bond donors (Lipinski definition) is 0. The van der Waals surface area contributed by atoms with Gasteiger partial charge in [-0.3, -0.25) is 0 Å². The largest absolute Gasteiger partial charge is 0.456 e. The molecule has 0 atom stereocenters. The van der Waals surface area contributed by atoms with E-state index in [-0.39, 0.29) is 5.41 Å². The number of furan rings is 2. The highest BCUT2D eigenvalue weighted by atomic mass is 16.3. The molecule has 1 fully saturated rings. The van der Waals surface area contributed by atoms with E-state index in [0.29, 0.717) is 0 Å². The van der Waals surface area contributed by atoms with Crippen molar-refractivity contribution in [2.24, 2.45) is 0 Å². The third kappa shape index (κ3) is 4.95. The van der Waals surface area contributed by atoms with Crippen LogP contribution in [0.5, 0.6) is 0 Å². The SMILES string of the molecule is c1ccc(-c2cccc3oc4ccc(N(c5ccc(C6(c7ccccc7)CCCCC6)cc5)c5ccc6c(c5)oc5ccccc56)cc4c23)cc1. The molecule has 10 rings (SSSR count). The molecular weight excluding hydrogens is 623 g/mol. The fourth-order valence-corrected chi connectivity index (χ4v) is 8.70. The van der Waals surface area contributed by atoms with E-state index in [1.165, 1.54) is 54.4 Å². The van der Waals surface area contributed by atoms with Crippen LogP contribution in [0.3, 0.4) is 0 Å². The Hall–Kier alpha value is -6.06. The zero-order valence-electron chi connectivity index (χ0n) is 28.4. The van der Waals surface area contributed by atoms with Crippen LogP contribution in [0, 0.1) is 0 Å². The molecule has 0 aliphatic heterocycles. The van der Waals surface area contributed by atoms with Crippen LogP contribution >= 0.6 is 0 Å². The monoisotopic (exact) mass is 659 g/mol. The highest BCUT2D eigenvalue weighted by Crippen LogP contribution is 2.47. The molecule has 3 heteroatoms. The number of benzene rings is 7. The minimum atomic E-state index is 0.0402. The van der Waals surface area contributed by atoms with Crippen LogP contribution in [0.2, 0.25) is 0 Å². The molecule has 246 valence electrons. The second kappa shape index (κ2) is 12.1. The van der Waals surface area contributed by atoms with E-state index in [1.54, 1.807) is 0 Å². The molecular formula is C48H37NO2. The number of fused-ring (bicyclic) bond motifs is 6. The van der Waals surface area contributed by atoms with Gasteiger partial charge in [0.25, 0.3) is 0 Å². The number of anilines is 3. The third-order valence-electron chi connectivity index (χ3n) is 11.2. The minimum absolute atomic E-state index is 0.0402. The molecule has 2 heterocycles. The fraction of sp³-hybridized carbons (Fsp3) is 0.125. The summed E-state index contributed by atoms with van der Waals surface area (Å²) in [6, 6.07) is 58.9. The lowest BCUT2D eigenvalue weighted by atomic mass is 9.65. The van der Waals surface area contributed by atoms with Gasteiger partial charge in [-0.25, -0.2) is 0 Å². The Morgan fingerprint density at radius 3 is 1.84 bits per heavy atom. The van der Waals surface area contributed by atoms with Gasteiger partial charge in [0.15, 0.2) is 0 Å². The molecule has 0 spiro atoms. The van der Waals surface area contributed by atoms with Gasteiger partial charge < -0.3 is 13.7 Å². The maximum absolute atomic E-state index is 6.45. The van der Waals surface area contributed by atoms with Gasteiger partial charge in [0.05, 0.1) is 0 Å². The van der Waals surface area contributed by atoms with Crippen LogP contribution in [0.4, 0.5) is 17.1 Å². The van der Waals surface area contributed by atoms with E-state index in [0.717, 1.165) is 60.9 Å². The van der Waals surface area contributed by atoms with Gasteiger partial charge in [-0.05, 0) is 89.7 Å². The van der Waals surface area contributed by atoms with Crippen molar-refractivity contribution in [3.63, 3.8) is 0 Å². The Morgan fingerprint density at radius 1 is 0.412 bits per heavy atom. The van der Waals surface area contributed by atoms with Crippen molar-refractivity contribution in [1.82, 2.24) is 0 Å². The normalized spacial score (nSPS) is 14.4. The summed E-state index contributed by atoms with van der Waals surface area (Å²) in [5.41, 5.74) is 12.0. The van der Waals surface area contributed by atoms with Gasteiger partial charge in [0.1, 0.15) is 22.3 Å². The first-order chi connectivity index (χ1) is 25.2. The van der Waals surface area contributed by atoms with E-state index in [2.05, 4.69) is 157 Å². The second-order valence-corrected chi connectivity index (χ2v) is 14.0. The van der Waals surface area contributed by atoms with Gasteiger partial charge >= 0.3 is 0 Å². The lowest BCUT2D eigenvalue weighted by Gasteiger charge is -2.39. The molecule has 0 amide bonds. The summed E-state index contributed by atoms with van der Waals surface area (Å²) in [6.07, 6.45) is 6.17. The van der Waals surface area contributed by atoms with Crippen molar-refractivity contribution in [1.29, 1.82) is 0 Å². The summed E-state index contributed by atoms with van der Waals surface area (Å²) in [4.78, 5) is 2.36. The zero-order chi connectivity index (χ0) is 33.8. The van der Waals surface area contributed by atoms with Crippen LogP contribution in [-0.2, 0) is 5.41 Å². The maximum atomic E-state index is 6.45. The Balaban J connectivity index is 1.16. The van der Waals surface area contributed by atoms with Gasteiger partial charge in [-0.15, -0.1) is 0 Å². The summed E-state index contributed by atoms with van der Waals surface area (Å²) < 4.78 is 12.9. The first-order valence-corrected chi connectivity index (χ1v) is 18.1. The predicted molar refractivity (Wildman–Crippen MR) is 211 cm³/mol. The average molecular weight is 660 g/mol. The molecule has 7 aromatic carbocycles. The first kappa shape index (κ1) is 29.8. The topological polar surface area (TPSA) is 29.5 Å². The molecule has 1 aliphatic carbocycles. The summed E-state index contributed by atoms with van der Waals surface area (Å²) in [5, 5.41) is 4.48. The van der Waals surface area contributed by atoms with E-state index in [4.69, 9.17) is 8.83 Å². The minimum Gasteiger partial charge on any atom is -0.456 e. The summed E-state index contributed by atoms with van der Waals surface area (Å²) in [7, 11) is 0. The molecule has 0 bridgehead atoms. The van der Waals surface area contributed by atoms with Gasteiger partial charge in [-0.2, -0.15) is 0 Å². The van der Waals surface area contributed by atoms with E-state index >= 15 is 0 Å². The molecule has 3 nitrogen and oxygen atoms in total. The quantitative estimate of drug-likeness (QED) is 0.178. The Morgan fingerprint density at radius 2 is 1.02 bits per heavy atom. The van der Waals surface area contributed by atoms with Crippen molar-refractivity contribution in [3.8, 4) is 11.1 Å². The van der Waals surface area contributed by atoms with Crippen LogP contribution in [0.25, 0.3) is 55.0 Å². The third-order valence-corrected chi connectivity index (χ3v) is 11.2. The molecule has 0 unspecified atom stereocenters. The Labute approximate surface area is 297 Å². The molecule has 0 saturated heterocycles. The Bertz CT molecular complexity index is 2660. The van der Waals surface area contributed by atoms with Gasteiger partial charge in [-0.1, -0.05) is 122 Å². The average Bonchev–Trinajstić information content (AvgIpc) is 3.77. The molecule has 2 aromatic heterocycles. The first-order valence-electron chi connectivity index (χ1n) is 18.1. The lowest BCUT2D eigenvalue weighted by molar-refractivity contribution is 0.346. The molecule has 0 N–H and O–H groups in total. The lowest BCUT2D eigenvalue weighted by Crippen LogP contribution is -2.30. The standard InChI is InChI=1S/C48H37NO2/c1-4-13-33(14-5-1)39-18-12-20-45-47(39)42-31-37(26-28-44(42)50-45)49(38-25-27-41-40-17-8-9-19-43(40)51-46(41)32-38)36-23-21-35(22-24-36)48(29-10-3-11-30-48)34-15-6-2-7-16-34/h1-2,4-9,12-28,31-32H,3,10-11,29-30H2. The second-order valence-electron chi connectivity index (χ2n) is 14.0. The highest BCUT2D eigenvalue weighted by molar-refractivity contribution is 6.13. The zero-order valence-corrected chi connectivity index (χ0v) is 28.4. The summed E-state index contributed by atoms with van der Waals surface area (Å²) in [6.45, 7) is 0. The van der Waals surface area contributed by atoms with Crippen molar-refractivity contribution in [2.75, 3.05) is 4.90 Å². The summed E-state index contributed by atoms with van der Waals surface area (Å²) in [5.74, 6) is 0. The molecule has 51 heavy (non-hydrogen) atoms. The van der Waals surface area contributed by atoms with E-state index < -0.39 is 0 Å². The van der Waals surface area contributed by atoms with Gasteiger partial charge in [0.2, 0.25) is 0 Å². The highest BCUT2D eigenvalue weighted by Gasteiger charge is 2.35. The predicted octanol–water partition coefficient (Wildman–Crippen LogP) is 13.9. The smallest absolute Gasteiger partial charge is 0.137 e. The van der Waals surface area contributed by atoms with Crippen molar-refractivity contribution in [3.05, 3.63) is 175 Å². The summed E-state index contributed by atoms with van der Waals surface area (Å²) >= 11 is 0. The van der Waals surface area contributed by atoms with Gasteiger partial charge in [0, 0.05) is 50.1 Å². The van der Waals surface area contributed by atoms with Crippen LogP contribution in [0.1, 0.15) is 43.2 Å². The van der Waals surface area contributed by atoms with E-state index in [9.17, 15) is 0 Å². The van der Waals surface area contributed by atoms with Crippen molar-refractivity contribution >= 4 is 60.9 Å². The van der Waals surface area contributed by atoms with Crippen molar-refractivity contribution in [2.45, 2.75) is 37.5 Å². The Kier molecular flexibility index (Phi) is 7.06. The van der Waals surface area contributed by atoms with E-state index in [1.807, 2.05) is 12.1 Å². The van der Waals surface area contributed by atoms with Crippen molar-refractivity contribution < 1.29 is 8.83 Å².